The van der Waals surface area contributed by atoms with E-state index in [1.807, 2.05) is 25.4 Å². The average molecular weight is 290 g/mol. The van der Waals surface area contributed by atoms with E-state index in [0.29, 0.717) is 18.0 Å². The van der Waals surface area contributed by atoms with E-state index in [4.69, 9.17) is 4.74 Å². The molecule has 1 aliphatic heterocycles. The summed E-state index contributed by atoms with van der Waals surface area (Å²) in [5.74, 6) is 0.472. The van der Waals surface area contributed by atoms with Gasteiger partial charge in [-0.05, 0) is 26.0 Å². The Balaban J connectivity index is 1.88. The van der Waals surface area contributed by atoms with Gasteiger partial charge in [0.1, 0.15) is 5.52 Å². The number of fused-ring (bicyclic) bond motifs is 1. The van der Waals surface area contributed by atoms with E-state index in [1.165, 1.54) is 0 Å². The number of aryl methyl sites for hydroxylation is 1. The molecular formula is C15H22N4O2. The standard InChI is InChI=1S/C15H22N4O2/c1-3-16-13(12-4-7-21-10-12)9-18-5-6-19-14(15(18)20)8-11(2)17-19/h5-6,8,12-13,16H,3-4,7,9-10H2,1-2H3. The third kappa shape index (κ3) is 2.87. The minimum Gasteiger partial charge on any atom is -0.381 e. The molecule has 0 aromatic carbocycles. The Morgan fingerprint density at radius 1 is 1.52 bits per heavy atom. The van der Waals surface area contributed by atoms with Crippen LogP contribution in [-0.2, 0) is 11.3 Å². The highest BCUT2D eigenvalue weighted by Gasteiger charge is 2.25. The lowest BCUT2D eigenvalue weighted by Gasteiger charge is -2.24. The van der Waals surface area contributed by atoms with Crippen LogP contribution in [0.1, 0.15) is 19.0 Å². The van der Waals surface area contributed by atoms with Crippen molar-refractivity contribution < 1.29 is 4.74 Å². The minimum absolute atomic E-state index is 0.0138. The predicted octanol–water partition coefficient (Wildman–Crippen LogP) is 0.819. The lowest BCUT2D eigenvalue weighted by atomic mass is 9.99. The minimum atomic E-state index is 0.0138. The molecule has 1 N–H and O–H groups in total. The summed E-state index contributed by atoms with van der Waals surface area (Å²) in [5, 5.41) is 7.77. The number of aromatic nitrogens is 3. The maximum absolute atomic E-state index is 12.5. The summed E-state index contributed by atoms with van der Waals surface area (Å²) in [5.41, 5.74) is 1.50. The molecule has 2 unspecified atom stereocenters. The molecule has 2 aromatic rings. The molecule has 21 heavy (non-hydrogen) atoms. The normalized spacial score (nSPS) is 20.2. The highest BCUT2D eigenvalue weighted by Crippen LogP contribution is 2.17. The summed E-state index contributed by atoms with van der Waals surface area (Å²) in [6, 6.07) is 2.10. The van der Waals surface area contributed by atoms with Crippen molar-refractivity contribution in [1.29, 1.82) is 0 Å². The summed E-state index contributed by atoms with van der Waals surface area (Å²) >= 11 is 0. The molecule has 3 heterocycles. The van der Waals surface area contributed by atoms with Gasteiger partial charge in [0.15, 0.2) is 0 Å². The molecule has 0 amide bonds. The molecule has 6 heteroatoms. The van der Waals surface area contributed by atoms with Crippen molar-refractivity contribution in [3.63, 3.8) is 0 Å². The molecular weight excluding hydrogens is 268 g/mol. The van der Waals surface area contributed by atoms with Gasteiger partial charge in [-0.1, -0.05) is 6.92 Å². The number of nitrogens with one attached hydrogen (secondary N) is 1. The molecule has 1 aliphatic rings. The fourth-order valence-corrected chi connectivity index (χ4v) is 3.02. The van der Waals surface area contributed by atoms with Crippen molar-refractivity contribution in [3.8, 4) is 0 Å². The predicted molar refractivity (Wildman–Crippen MR) is 80.6 cm³/mol. The van der Waals surface area contributed by atoms with E-state index in [9.17, 15) is 4.79 Å². The summed E-state index contributed by atoms with van der Waals surface area (Å²) < 4.78 is 8.91. The Morgan fingerprint density at radius 2 is 2.38 bits per heavy atom. The zero-order chi connectivity index (χ0) is 14.8. The van der Waals surface area contributed by atoms with Crippen molar-refractivity contribution in [2.45, 2.75) is 32.9 Å². The highest BCUT2D eigenvalue weighted by atomic mass is 16.5. The van der Waals surface area contributed by atoms with E-state index in [-0.39, 0.29) is 11.6 Å². The number of ether oxygens (including phenoxy) is 1. The Hall–Kier alpha value is -1.66. The van der Waals surface area contributed by atoms with Crippen LogP contribution in [0.2, 0.25) is 0 Å². The topological polar surface area (TPSA) is 60.6 Å². The van der Waals surface area contributed by atoms with Crippen LogP contribution >= 0.6 is 0 Å². The molecule has 1 fully saturated rings. The lowest BCUT2D eigenvalue weighted by Crippen LogP contribution is -2.42. The molecule has 1 saturated heterocycles. The Labute approximate surface area is 123 Å². The summed E-state index contributed by atoms with van der Waals surface area (Å²) in [6.07, 6.45) is 4.72. The number of rotatable bonds is 5. The second-order valence-electron chi connectivity index (χ2n) is 5.66. The van der Waals surface area contributed by atoms with Crippen LogP contribution in [0.25, 0.3) is 5.52 Å². The summed E-state index contributed by atoms with van der Waals surface area (Å²) in [4.78, 5) is 12.5. The SMILES string of the molecule is CCNC(Cn1ccn2nc(C)cc2c1=O)C1CCOC1. The van der Waals surface area contributed by atoms with E-state index in [0.717, 1.165) is 31.9 Å². The largest absolute Gasteiger partial charge is 0.381 e. The van der Waals surface area contributed by atoms with Gasteiger partial charge in [0.05, 0.1) is 12.3 Å². The van der Waals surface area contributed by atoms with Gasteiger partial charge in [0, 0.05) is 37.5 Å². The van der Waals surface area contributed by atoms with Gasteiger partial charge < -0.3 is 14.6 Å². The molecule has 2 aromatic heterocycles. The first-order valence-electron chi connectivity index (χ1n) is 7.55. The smallest absolute Gasteiger partial charge is 0.276 e. The van der Waals surface area contributed by atoms with Gasteiger partial charge in [-0.25, -0.2) is 4.52 Å². The molecule has 3 rings (SSSR count). The van der Waals surface area contributed by atoms with E-state index < -0.39 is 0 Å². The second-order valence-corrected chi connectivity index (χ2v) is 5.66. The first-order chi connectivity index (χ1) is 10.2. The summed E-state index contributed by atoms with van der Waals surface area (Å²) in [6.45, 7) is 7.15. The average Bonchev–Trinajstić information content (AvgIpc) is 3.10. The molecule has 0 saturated carbocycles. The third-order valence-electron chi connectivity index (χ3n) is 4.12. The monoisotopic (exact) mass is 290 g/mol. The van der Waals surface area contributed by atoms with E-state index in [1.54, 1.807) is 9.08 Å². The van der Waals surface area contributed by atoms with Crippen LogP contribution in [0.5, 0.6) is 0 Å². The van der Waals surface area contributed by atoms with Crippen molar-refractivity contribution in [2.24, 2.45) is 5.92 Å². The first-order valence-corrected chi connectivity index (χ1v) is 7.55. The molecule has 114 valence electrons. The summed E-state index contributed by atoms with van der Waals surface area (Å²) in [7, 11) is 0. The van der Waals surface area contributed by atoms with Crippen LogP contribution in [-0.4, -0.2) is 40.0 Å². The number of hydrogen-bond acceptors (Lipinski definition) is 4. The Morgan fingerprint density at radius 3 is 3.10 bits per heavy atom. The van der Waals surface area contributed by atoms with Crippen LogP contribution in [0.15, 0.2) is 23.3 Å². The maximum atomic E-state index is 12.5. The Kier molecular flexibility index (Phi) is 4.07. The van der Waals surface area contributed by atoms with Crippen molar-refractivity contribution in [1.82, 2.24) is 19.5 Å². The van der Waals surface area contributed by atoms with Crippen molar-refractivity contribution >= 4 is 5.52 Å². The van der Waals surface area contributed by atoms with Gasteiger partial charge in [0.25, 0.3) is 5.56 Å². The van der Waals surface area contributed by atoms with Gasteiger partial charge in [-0.3, -0.25) is 4.79 Å². The van der Waals surface area contributed by atoms with Crippen LogP contribution in [0, 0.1) is 12.8 Å². The zero-order valence-electron chi connectivity index (χ0n) is 12.6. The quantitative estimate of drug-likeness (QED) is 0.885. The highest BCUT2D eigenvalue weighted by molar-refractivity contribution is 5.44. The lowest BCUT2D eigenvalue weighted by molar-refractivity contribution is 0.173. The fraction of sp³-hybridized carbons (Fsp3) is 0.600. The van der Waals surface area contributed by atoms with Crippen molar-refractivity contribution in [2.75, 3.05) is 19.8 Å². The van der Waals surface area contributed by atoms with Crippen LogP contribution in [0.3, 0.4) is 0 Å². The molecule has 0 radical (unpaired) electrons. The van der Waals surface area contributed by atoms with Gasteiger partial charge in [-0.2, -0.15) is 5.10 Å². The maximum Gasteiger partial charge on any atom is 0.276 e. The third-order valence-corrected chi connectivity index (χ3v) is 4.12. The van der Waals surface area contributed by atoms with E-state index >= 15 is 0 Å². The number of nitrogens with zero attached hydrogens (tertiary/aromatic N) is 3. The second kappa shape index (κ2) is 5.99. The number of likely N-dealkylation sites (N-methyl/N-ethyl adjacent to an activating group) is 1. The fourth-order valence-electron chi connectivity index (χ4n) is 3.02. The first kappa shape index (κ1) is 14.3. The van der Waals surface area contributed by atoms with Gasteiger partial charge in [0.2, 0.25) is 0 Å². The van der Waals surface area contributed by atoms with Crippen LogP contribution in [0.4, 0.5) is 0 Å². The van der Waals surface area contributed by atoms with Crippen molar-refractivity contribution in [3.05, 3.63) is 34.5 Å². The van der Waals surface area contributed by atoms with E-state index in [2.05, 4.69) is 17.3 Å². The van der Waals surface area contributed by atoms with Crippen LogP contribution < -0.4 is 10.9 Å². The molecule has 6 nitrogen and oxygen atoms in total. The zero-order valence-corrected chi connectivity index (χ0v) is 12.6. The molecule has 0 aliphatic carbocycles. The number of hydrogen-bond donors (Lipinski definition) is 1. The Bertz CT molecular complexity index is 670. The molecule has 0 spiro atoms. The van der Waals surface area contributed by atoms with Gasteiger partial charge in [-0.15, -0.1) is 0 Å². The van der Waals surface area contributed by atoms with Gasteiger partial charge >= 0.3 is 0 Å². The molecule has 2 atom stereocenters. The molecule has 0 bridgehead atoms.